The molecule has 2 heterocycles. The third-order valence-corrected chi connectivity index (χ3v) is 5.74. The van der Waals surface area contributed by atoms with Crippen LogP contribution in [-0.2, 0) is 6.42 Å². The number of aliphatic hydroxyl groups excluding tert-OH is 1. The zero-order valence-electron chi connectivity index (χ0n) is 18.7. The van der Waals surface area contributed by atoms with E-state index in [1.165, 1.54) is 23.0 Å². The summed E-state index contributed by atoms with van der Waals surface area (Å²) >= 11 is 5.97. The number of nitrogens with one attached hydrogen (secondary N) is 1. The molecule has 0 atom stereocenters. The van der Waals surface area contributed by atoms with Gasteiger partial charge in [-0.2, -0.15) is 9.78 Å². The van der Waals surface area contributed by atoms with Crippen LogP contribution >= 0.6 is 11.6 Å². The SMILES string of the molecule is O=c1c(Oc2ccc(-c3ccc(F)cc3F)cc2)c(-n2cc(CCO)[nH]2)cnn1-c1ccc(Cl)cc1. The van der Waals surface area contributed by atoms with Crippen molar-refractivity contribution < 1.29 is 18.6 Å². The van der Waals surface area contributed by atoms with Gasteiger partial charge in [-0.3, -0.25) is 14.6 Å². The summed E-state index contributed by atoms with van der Waals surface area (Å²) in [6.07, 6.45) is 3.64. The Hall–Kier alpha value is -4.21. The second-order valence-electron chi connectivity index (χ2n) is 7.91. The lowest BCUT2D eigenvalue weighted by Gasteiger charge is -2.19. The molecule has 2 aromatic heterocycles. The average molecular weight is 509 g/mol. The molecule has 0 saturated carbocycles. The van der Waals surface area contributed by atoms with E-state index in [2.05, 4.69) is 10.2 Å². The normalized spacial score (nSPS) is 11.1. The van der Waals surface area contributed by atoms with Crippen molar-refractivity contribution in [1.82, 2.24) is 19.6 Å². The van der Waals surface area contributed by atoms with Crippen LogP contribution in [0.2, 0.25) is 5.02 Å². The molecule has 0 amide bonds. The lowest BCUT2D eigenvalue weighted by molar-refractivity contribution is 0.295. The minimum absolute atomic E-state index is 0.00698. The maximum absolute atomic E-state index is 14.2. The maximum atomic E-state index is 14.2. The first-order chi connectivity index (χ1) is 17.4. The third-order valence-electron chi connectivity index (χ3n) is 5.49. The van der Waals surface area contributed by atoms with E-state index in [9.17, 15) is 13.6 Å². The van der Waals surface area contributed by atoms with Crippen molar-refractivity contribution in [2.24, 2.45) is 0 Å². The molecule has 3 aromatic carbocycles. The number of ether oxygens (including phenoxy) is 1. The van der Waals surface area contributed by atoms with Gasteiger partial charge in [0, 0.05) is 35.9 Å². The molecule has 0 saturated heterocycles. The fourth-order valence-corrected chi connectivity index (χ4v) is 3.81. The Morgan fingerprint density at radius 1 is 1.03 bits per heavy atom. The Bertz CT molecular complexity index is 1560. The number of rotatable bonds is 7. The molecule has 7 nitrogen and oxygen atoms in total. The Labute approximate surface area is 208 Å². The smallest absolute Gasteiger partial charge is 0.316 e. The Morgan fingerprint density at radius 2 is 1.75 bits per heavy atom. The van der Waals surface area contributed by atoms with Gasteiger partial charge in [0.05, 0.1) is 17.6 Å². The molecule has 0 unspecified atom stereocenters. The molecule has 0 spiro atoms. The molecule has 0 aliphatic rings. The summed E-state index contributed by atoms with van der Waals surface area (Å²) in [6.45, 7) is -0.0204. The van der Waals surface area contributed by atoms with Crippen molar-refractivity contribution in [3.05, 3.63) is 112 Å². The van der Waals surface area contributed by atoms with Crippen molar-refractivity contribution in [1.29, 1.82) is 0 Å². The summed E-state index contributed by atoms with van der Waals surface area (Å²) in [7, 11) is 0. The summed E-state index contributed by atoms with van der Waals surface area (Å²) in [6, 6.07) is 16.4. The minimum Gasteiger partial charge on any atom is -0.449 e. The second-order valence-corrected chi connectivity index (χ2v) is 8.35. The molecule has 0 radical (unpaired) electrons. The lowest BCUT2D eigenvalue weighted by Crippen LogP contribution is -2.25. The van der Waals surface area contributed by atoms with E-state index < -0.39 is 17.2 Å². The summed E-state index contributed by atoms with van der Waals surface area (Å²) < 4.78 is 36.2. The second kappa shape index (κ2) is 9.80. The molecule has 0 fully saturated rings. The number of hydrogen-bond donors (Lipinski definition) is 2. The molecule has 5 aromatic rings. The first kappa shape index (κ1) is 23.5. The van der Waals surface area contributed by atoms with Crippen LogP contribution in [0, 0.1) is 11.6 Å². The molecule has 0 aliphatic heterocycles. The number of benzene rings is 3. The van der Waals surface area contributed by atoms with E-state index in [-0.39, 0.29) is 17.9 Å². The summed E-state index contributed by atoms with van der Waals surface area (Å²) in [5.74, 6) is -1.02. The van der Waals surface area contributed by atoms with Gasteiger partial charge in [-0.15, -0.1) is 0 Å². The first-order valence-corrected chi connectivity index (χ1v) is 11.3. The van der Waals surface area contributed by atoms with E-state index in [0.717, 1.165) is 11.8 Å². The number of nitrogens with zero attached hydrogens (tertiary/aromatic N) is 3. The Kier molecular flexibility index (Phi) is 6.41. The number of aromatic amines is 1. The Balaban J connectivity index is 1.53. The van der Waals surface area contributed by atoms with Gasteiger partial charge in [0.1, 0.15) is 23.1 Å². The van der Waals surface area contributed by atoms with E-state index >= 15 is 0 Å². The quantitative estimate of drug-likeness (QED) is 0.313. The van der Waals surface area contributed by atoms with Crippen LogP contribution in [-0.4, -0.2) is 31.3 Å². The number of halogens is 3. The predicted octanol–water partition coefficient (Wildman–Crippen LogP) is 5.28. The fourth-order valence-electron chi connectivity index (χ4n) is 3.68. The van der Waals surface area contributed by atoms with E-state index in [4.69, 9.17) is 21.4 Å². The third kappa shape index (κ3) is 4.66. The molecule has 36 heavy (non-hydrogen) atoms. The van der Waals surface area contributed by atoms with Crippen LogP contribution in [0.1, 0.15) is 5.69 Å². The highest BCUT2D eigenvalue weighted by molar-refractivity contribution is 6.30. The van der Waals surface area contributed by atoms with E-state index in [0.29, 0.717) is 34.1 Å². The zero-order valence-corrected chi connectivity index (χ0v) is 19.4. The Morgan fingerprint density at radius 3 is 2.42 bits per heavy atom. The number of aromatic nitrogens is 4. The molecule has 2 N–H and O–H groups in total. The van der Waals surface area contributed by atoms with Crippen LogP contribution in [0.15, 0.2) is 83.9 Å². The van der Waals surface area contributed by atoms with Crippen LogP contribution < -0.4 is 10.3 Å². The molecule has 10 heteroatoms. The van der Waals surface area contributed by atoms with Crippen LogP contribution in [0.3, 0.4) is 0 Å². The lowest BCUT2D eigenvalue weighted by atomic mass is 10.1. The molecule has 0 aliphatic carbocycles. The van der Waals surface area contributed by atoms with Gasteiger partial charge in [0.2, 0.25) is 5.75 Å². The molecule has 5 rings (SSSR count). The van der Waals surface area contributed by atoms with Crippen LogP contribution in [0.25, 0.3) is 22.5 Å². The van der Waals surface area contributed by atoms with Gasteiger partial charge >= 0.3 is 5.56 Å². The molecule has 0 bridgehead atoms. The number of aliphatic hydroxyl groups is 1. The molecular formula is C26H19ClF2N4O3. The maximum Gasteiger partial charge on any atom is 0.316 e. The fraction of sp³-hybridized carbons (Fsp3) is 0.0769. The zero-order chi connectivity index (χ0) is 25.2. The van der Waals surface area contributed by atoms with E-state index in [1.807, 2.05) is 0 Å². The van der Waals surface area contributed by atoms with Crippen molar-refractivity contribution >= 4 is 11.6 Å². The summed E-state index contributed by atoms with van der Waals surface area (Å²) in [5.41, 5.74) is 1.89. The topological polar surface area (TPSA) is 85.1 Å². The van der Waals surface area contributed by atoms with Crippen molar-refractivity contribution in [3.8, 4) is 34.0 Å². The average Bonchev–Trinajstić information content (AvgIpc) is 2.84. The highest BCUT2D eigenvalue weighted by atomic mass is 35.5. The predicted molar refractivity (Wildman–Crippen MR) is 131 cm³/mol. The van der Waals surface area contributed by atoms with Gasteiger partial charge in [0.15, 0.2) is 0 Å². The van der Waals surface area contributed by atoms with Crippen molar-refractivity contribution in [3.63, 3.8) is 0 Å². The van der Waals surface area contributed by atoms with Crippen LogP contribution in [0.4, 0.5) is 8.78 Å². The number of hydrogen-bond acceptors (Lipinski definition) is 4. The van der Waals surface area contributed by atoms with Crippen LogP contribution in [0.5, 0.6) is 11.5 Å². The molecule has 182 valence electrons. The van der Waals surface area contributed by atoms with Gasteiger partial charge in [0.25, 0.3) is 0 Å². The molecular weight excluding hydrogens is 490 g/mol. The van der Waals surface area contributed by atoms with E-state index in [1.54, 1.807) is 59.4 Å². The number of H-pyrrole nitrogens is 1. The van der Waals surface area contributed by atoms with Crippen molar-refractivity contribution in [2.45, 2.75) is 6.42 Å². The summed E-state index contributed by atoms with van der Waals surface area (Å²) in [5, 5.41) is 17.0. The highest BCUT2D eigenvalue weighted by Gasteiger charge is 2.19. The van der Waals surface area contributed by atoms with Gasteiger partial charge in [-0.05, 0) is 54.1 Å². The first-order valence-electron chi connectivity index (χ1n) is 10.9. The monoisotopic (exact) mass is 508 g/mol. The van der Waals surface area contributed by atoms with Gasteiger partial charge in [-0.25, -0.2) is 8.78 Å². The summed E-state index contributed by atoms with van der Waals surface area (Å²) in [4.78, 5) is 13.4. The minimum atomic E-state index is -0.680. The largest absolute Gasteiger partial charge is 0.449 e. The standard InChI is InChI=1S/C26H19ClF2N4O3/c27-17-3-6-20(7-4-17)33-26(35)25(24(14-30-33)32-15-19(31-32)11-12-34)36-21-8-1-16(2-9-21)22-10-5-18(28)13-23(22)29/h1-10,13-15,31,34H,11-12H2. The van der Waals surface area contributed by atoms with Gasteiger partial charge < -0.3 is 9.84 Å². The van der Waals surface area contributed by atoms with Gasteiger partial charge in [-0.1, -0.05) is 23.7 Å². The van der Waals surface area contributed by atoms with Crippen molar-refractivity contribution in [2.75, 3.05) is 6.61 Å². The highest BCUT2D eigenvalue weighted by Crippen LogP contribution is 2.29.